The molecule has 0 aliphatic carbocycles. The zero-order chi connectivity index (χ0) is 27.7. The van der Waals surface area contributed by atoms with E-state index in [1.54, 1.807) is 35.5 Å². The highest BCUT2D eigenvalue weighted by molar-refractivity contribution is 6.10. The molecule has 0 atom stereocenters. The van der Waals surface area contributed by atoms with Gasteiger partial charge in [0.1, 0.15) is 17.6 Å². The molecule has 204 valence electrons. The third-order valence-corrected chi connectivity index (χ3v) is 6.39. The zero-order valence-corrected chi connectivity index (χ0v) is 22.3. The summed E-state index contributed by atoms with van der Waals surface area (Å²) in [6, 6.07) is 7.12. The van der Waals surface area contributed by atoms with E-state index in [1.165, 1.54) is 18.3 Å². The van der Waals surface area contributed by atoms with Gasteiger partial charge in [0.05, 0.1) is 31.2 Å². The van der Waals surface area contributed by atoms with Crippen LogP contribution in [0.15, 0.2) is 47.3 Å². The maximum absolute atomic E-state index is 13.1. The molecular formula is C27H30N6O6. The van der Waals surface area contributed by atoms with Gasteiger partial charge in [-0.25, -0.2) is 4.79 Å². The normalized spacial score (nSPS) is 15.3. The standard InChI is InChI=1S/C27H30N6O6/c1-27(2,3)39-26(36)32-11-9-31(10-12-32)22-7-8-28-14-20(22)29-23(34)21-16-38-25(30-21)33-15-17-5-6-18(37-4)13-19(17)24(33)35/h5-8,13-14,16H,9-12,15H2,1-4H3,(H,29,34). The first-order valence-electron chi connectivity index (χ1n) is 12.6. The van der Waals surface area contributed by atoms with Crippen molar-refractivity contribution in [2.75, 3.05) is 48.4 Å². The van der Waals surface area contributed by atoms with Crippen molar-refractivity contribution in [2.24, 2.45) is 0 Å². The van der Waals surface area contributed by atoms with Crippen LogP contribution in [0.25, 0.3) is 0 Å². The Morgan fingerprint density at radius 3 is 2.59 bits per heavy atom. The van der Waals surface area contributed by atoms with Crippen LogP contribution >= 0.6 is 0 Å². The molecule has 1 aromatic carbocycles. The lowest BCUT2D eigenvalue weighted by Gasteiger charge is -2.37. The first-order chi connectivity index (χ1) is 18.6. The number of carbonyl (C=O) groups excluding carboxylic acids is 3. The van der Waals surface area contributed by atoms with Crippen LogP contribution in [0.3, 0.4) is 0 Å². The second kappa shape index (κ2) is 10.3. The summed E-state index contributed by atoms with van der Waals surface area (Å²) in [5.41, 5.74) is 2.05. The highest BCUT2D eigenvalue weighted by Crippen LogP contribution is 2.31. The largest absolute Gasteiger partial charge is 0.497 e. The van der Waals surface area contributed by atoms with Gasteiger partial charge in [-0.3, -0.25) is 19.5 Å². The number of amides is 3. The Morgan fingerprint density at radius 2 is 1.87 bits per heavy atom. The van der Waals surface area contributed by atoms with Gasteiger partial charge in [-0.15, -0.1) is 0 Å². The fourth-order valence-corrected chi connectivity index (χ4v) is 4.46. The van der Waals surface area contributed by atoms with Gasteiger partial charge in [0.2, 0.25) is 0 Å². The van der Waals surface area contributed by atoms with Gasteiger partial charge >= 0.3 is 12.1 Å². The van der Waals surface area contributed by atoms with Crippen molar-refractivity contribution in [3.05, 3.63) is 59.7 Å². The molecule has 2 aliphatic rings. The van der Waals surface area contributed by atoms with Crippen molar-refractivity contribution in [1.82, 2.24) is 14.9 Å². The molecule has 5 rings (SSSR count). The van der Waals surface area contributed by atoms with Crippen LogP contribution in [0.5, 0.6) is 5.75 Å². The summed E-state index contributed by atoms with van der Waals surface area (Å²) in [6.07, 6.45) is 4.08. The Morgan fingerprint density at radius 1 is 1.10 bits per heavy atom. The molecule has 1 N–H and O–H groups in total. The number of methoxy groups -OCH3 is 1. The number of nitrogens with zero attached hydrogens (tertiary/aromatic N) is 5. The quantitative estimate of drug-likeness (QED) is 0.522. The number of rotatable bonds is 5. The molecular weight excluding hydrogens is 504 g/mol. The Kier molecular flexibility index (Phi) is 6.85. The summed E-state index contributed by atoms with van der Waals surface area (Å²) in [6.45, 7) is 7.87. The number of ether oxygens (including phenoxy) is 2. The van der Waals surface area contributed by atoms with Gasteiger partial charge in [-0.2, -0.15) is 4.98 Å². The van der Waals surface area contributed by atoms with Crippen LogP contribution in [0, 0.1) is 0 Å². The summed E-state index contributed by atoms with van der Waals surface area (Å²) < 4.78 is 16.2. The number of benzene rings is 1. The van der Waals surface area contributed by atoms with Crippen LogP contribution in [0.1, 0.15) is 47.2 Å². The van der Waals surface area contributed by atoms with Gasteiger partial charge in [0.15, 0.2) is 5.69 Å². The molecule has 1 saturated heterocycles. The molecule has 0 bridgehead atoms. The zero-order valence-electron chi connectivity index (χ0n) is 22.3. The van der Waals surface area contributed by atoms with E-state index >= 15 is 0 Å². The second-order valence-corrected chi connectivity index (χ2v) is 10.2. The van der Waals surface area contributed by atoms with Crippen LogP contribution in [-0.4, -0.2) is 71.7 Å². The third kappa shape index (κ3) is 5.49. The number of nitrogens with one attached hydrogen (secondary N) is 1. The average Bonchev–Trinajstić information content (AvgIpc) is 3.53. The van der Waals surface area contributed by atoms with E-state index in [0.29, 0.717) is 43.2 Å². The molecule has 12 nitrogen and oxygen atoms in total. The number of anilines is 3. The van der Waals surface area contributed by atoms with E-state index in [4.69, 9.17) is 13.9 Å². The van der Waals surface area contributed by atoms with Gasteiger partial charge < -0.3 is 29.0 Å². The van der Waals surface area contributed by atoms with E-state index in [0.717, 1.165) is 11.3 Å². The SMILES string of the molecule is COc1ccc2c(c1)C(=O)N(c1nc(C(=O)Nc3cnccc3N3CCN(C(=O)OC(C)(C)C)CC3)co1)C2. The topological polar surface area (TPSA) is 130 Å². The molecule has 4 heterocycles. The highest BCUT2D eigenvalue weighted by atomic mass is 16.6. The minimum absolute atomic E-state index is 0.0240. The maximum atomic E-state index is 13.1. The summed E-state index contributed by atoms with van der Waals surface area (Å²) in [5.74, 6) is -0.204. The number of aromatic nitrogens is 2. The Hall–Kier alpha value is -4.61. The van der Waals surface area contributed by atoms with Crippen LogP contribution in [-0.2, 0) is 11.3 Å². The molecule has 2 aromatic heterocycles. The van der Waals surface area contributed by atoms with Crippen LogP contribution in [0.4, 0.5) is 22.2 Å². The molecule has 3 aromatic rings. The van der Waals surface area contributed by atoms with Crippen molar-refractivity contribution in [3.8, 4) is 5.75 Å². The van der Waals surface area contributed by atoms with Crippen molar-refractivity contribution < 1.29 is 28.3 Å². The number of piperazine rings is 1. The first kappa shape index (κ1) is 26.0. The lowest BCUT2D eigenvalue weighted by Crippen LogP contribution is -2.50. The van der Waals surface area contributed by atoms with Gasteiger partial charge in [0.25, 0.3) is 11.8 Å². The molecule has 12 heteroatoms. The fraction of sp³-hybridized carbons (Fsp3) is 0.370. The molecule has 3 amide bonds. The molecule has 2 aliphatic heterocycles. The minimum Gasteiger partial charge on any atom is -0.497 e. The third-order valence-electron chi connectivity index (χ3n) is 6.39. The summed E-state index contributed by atoms with van der Waals surface area (Å²) in [7, 11) is 1.54. The predicted molar refractivity (Wildman–Crippen MR) is 142 cm³/mol. The molecule has 39 heavy (non-hydrogen) atoms. The lowest BCUT2D eigenvalue weighted by molar-refractivity contribution is 0.0240. The van der Waals surface area contributed by atoms with Crippen LogP contribution < -0.4 is 19.9 Å². The summed E-state index contributed by atoms with van der Waals surface area (Å²) in [5, 5.41) is 2.85. The number of oxazole rings is 1. The van der Waals surface area contributed by atoms with Crippen molar-refractivity contribution >= 4 is 35.3 Å². The van der Waals surface area contributed by atoms with E-state index in [1.807, 2.05) is 26.8 Å². The van der Waals surface area contributed by atoms with E-state index in [2.05, 4.69) is 20.2 Å². The second-order valence-electron chi connectivity index (χ2n) is 10.2. The molecule has 0 radical (unpaired) electrons. The average molecular weight is 535 g/mol. The Labute approximate surface area is 225 Å². The van der Waals surface area contributed by atoms with Crippen molar-refractivity contribution in [1.29, 1.82) is 0 Å². The lowest BCUT2D eigenvalue weighted by atomic mass is 10.1. The summed E-state index contributed by atoms with van der Waals surface area (Å²) >= 11 is 0. The smallest absolute Gasteiger partial charge is 0.410 e. The number of carbonyl (C=O) groups is 3. The molecule has 0 spiro atoms. The first-order valence-corrected chi connectivity index (χ1v) is 12.6. The number of hydrogen-bond donors (Lipinski definition) is 1. The minimum atomic E-state index is -0.558. The number of pyridine rings is 1. The predicted octanol–water partition coefficient (Wildman–Crippen LogP) is 3.55. The van der Waals surface area contributed by atoms with Gasteiger partial charge in [-0.05, 0) is 44.5 Å². The molecule has 0 saturated carbocycles. The number of hydrogen-bond acceptors (Lipinski definition) is 9. The van der Waals surface area contributed by atoms with Gasteiger partial charge in [0, 0.05) is 37.9 Å². The van der Waals surface area contributed by atoms with E-state index < -0.39 is 11.5 Å². The van der Waals surface area contributed by atoms with Crippen LogP contribution in [0.2, 0.25) is 0 Å². The highest BCUT2D eigenvalue weighted by Gasteiger charge is 2.33. The fourth-order valence-electron chi connectivity index (χ4n) is 4.46. The monoisotopic (exact) mass is 534 g/mol. The Balaban J connectivity index is 1.24. The summed E-state index contributed by atoms with van der Waals surface area (Å²) in [4.78, 5) is 51.9. The maximum Gasteiger partial charge on any atom is 0.410 e. The van der Waals surface area contributed by atoms with E-state index in [9.17, 15) is 14.4 Å². The van der Waals surface area contributed by atoms with Crippen molar-refractivity contribution in [3.63, 3.8) is 0 Å². The van der Waals surface area contributed by atoms with E-state index in [-0.39, 0.29) is 30.3 Å². The van der Waals surface area contributed by atoms with Crippen molar-refractivity contribution in [2.45, 2.75) is 32.9 Å². The Bertz CT molecular complexity index is 1410. The molecule has 0 unspecified atom stereocenters. The van der Waals surface area contributed by atoms with Gasteiger partial charge in [-0.1, -0.05) is 6.07 Å². The molecule has 1 fully saturated rings. The number of fused-ring (bicyclic) bond motifs is 1.